The third-order valence-corrected chi connectivity index (χ3v) is 2.61. The summed E-state index contributed by atoms with van der Waals surface area (Å²) in [5.74, 6) is 0.186. The average Bonchev–Trinajstić information content (AvgIpc) is 2.26. The van der Waals surface area contributed by atoms with E-state index in [4.69, 9.17) is 4.74 Å². The average molecular weight is 200 g/mol. The van der Waals surface area contributed by atoms with Crippen LogP contribution in [0.3, 0.4) is 0 Å². The van der Waals surface area contributed by atoms with Gasteiger partial charge < -0.3 is 15.0 Å². The molecule has 0 saturated carbocycles. The van der Waals surface area contributed by atoms with Gasteiger partial charge in [-0.05, 0) is 20.3 Å². The molecule has 4 nitrogen and oxygen atoms in total. The van der Waals surface area contributed by atoms with Crippen molar-refractivity contribution in [2.24, 2.45) is 0 Å². The molecular weight excluding hydrogens is 180 g/mol. The van der Waals surface area contributed by atoms with E-state index in [2.05, 4.69) is 12.2 Å². The monoisotopic (exact) mass is 200 g/mol. The lowest BCUT2D eigenvalue weighted by Crippen LogP contribution is -2.44. The number of nitrogens with one attached hydrogen (secondary N) is 1. The molecule has 0 aromatic heterocycles. The minimum absolute atomic E-state index is 0.0654. The van der Waals surface area contributed by atoms with Gasteiger partial charge in [-0.15, -0.1) is 0 Å². The van der Waals surface area contributed by atoms with Gasteiger partial charge in [0.05, 0.1) is 12.6 Å². The highest BCUT2D eigenvalue weighted by Gasteiger charge is 2.25. The van der Waals surface area contributed by atoms with Crippen LogP contribution >= 0.6 is 0 Å². The summed E-state index contributed by atoms with van der Waals surface area (Å²) in [4.78, 5) is 13.7. The number of nitrogens with zero attached hydrogens (tertiary/aromatic N) is 1. The van der Waals surface area contributed by atoms with E-state index in [1.165, 1.54) is 0 Å². The first-order chi connectivity index (χ1) is 6.65. The number of carbonyl (C=O) groups excluding carboxylic acids is 1. The quantitative estimate of drug-likeness (QED) is 0.709. The highest BCUT2D eigenvalue weighted by Crippen LogP contribution is 2.06. The molecule has 2 atom stereocenters. The SMILES string of the molecule is COCCN1CCC(C)NC(C)C1=O. The van der Waals surface area contributed by atoms with Gasteiger partial charge in [0.25, 0.3) is 0 Å². The maximum atomic E-state index is 11.8. The van der Waals surface area contributed by atoms with Gasteiger partial charge in [0.1, 0.15) is 0 Å². The van der Waals surface area contributed by atoms with E-state index in [-0.39, 0.29) is 11.9 Å². The molecule has 0 aromatic rings. The molecule has 14 heavy (non-hydrogen) atoms. The molecule has 4 heteroatoms. The number of carbonyl (C=O) groups is 1. The van der Waals surface area contributed by atoms with Crippen molar-refractivity contribution in [2.75, 3.05) is 26.8 Å². The minimum Gasteiger partial charge on any atom is -0.383 e. The van der Waals surface area contributed by atoms with Gasteiger partial charge in [0.2, 0.25) is 5.91 Å². The zero-order valence-corrected chi connectivity index (χ0v) is 9.25. The van der Waals surface area contributed by atoms with Crippen LogP contribution in [0.5, 0.6) is 0 Å². The van der Waals surface area contributed by atoms with Crippen molar-refractivity contribution in [3.8, 4) is 0 Å². The molecule has 1 heterocycles. The van der Waals surface area contributed by atoms with Crippen LogP contribution < -0.4 is 5.32 Å². The molecule has 0 bridgehead atoms. The normalized spacial score (nSPS) is 29.1. The van der Waals surface area contributed by atoms with E-state index < -0.39 is 0 Å². The van der Waals surface area contributed by atoms with Crippen molar-refractivity contribution in [3.05, 3.63) is 0 Å². The first kappa shape index (κ1) is 11.5. The highest BCUT2D eigenvalue weighted by molar-refractivity contribution is 5.81. The van der Waals surface area contributed by atoms with E-state index in [9.17, 15) is 4.79 Å². The zero-order chi connectivity index (χ0) is 10.6. The number of amides is 1. The number of rotatable bonds is 3. The van der Waals surface area contributed by atoms with E-state index in [1.807, 2.05) is 11.8 Å². The molecule has 1 saturated heterocycles. The summed E-state index contributed by atoms with van der Waals surface area (Å²) in [6.45, 7) is 6.19. The summed E-state index contributed by atoms with van der Waals surface area (Å²) in [5.41, 5.74) is 0. The van der Waals surface area contributed by atoms with Gasteiger partial charge in [-0.3, -0.25) is 4.79 Å². The summed E-state index contributed by atoms with van der Waals surface area (Å²) >= 11 is 0. The molecule has 1 rings (SSSR count). The van der Waals surface area contributed by atoms with Crippen molar-refractivity contribution in [2.45, 2.75) is 32.4 Å². The highest BCUT2D eigenvalue weighted by atomic mass is 16.5. The molecule has 1 amide bonds. The fourth-order valence-electron chi connectivity index (χ4n) is 1.74. The largest absolute Gasteiger partial charge is 0.383 e. The molecule has 1 N–H and O–H groups in total. The fourth-order valence-corrected chi connectivity index (χ4v) is 1.74. The predicted molar refractivity (Wildman–Crippen MR) is 55.1 cm³/mol. The second-order valence-electron chi connectivity index (χ2n) is 3.90. The third-order valence-electron chi connectivity index (χ3n) is 2.61. The van der Waals surface area contributed by atoms with Crippen LogP contribution in [0.4, 0.5) is 0 Å². The van der Waals surface area contributed by atoms with Gasteiger partial charge in [0.15, 0.2) is 0 Å². The van der Waals surface area contributed by atoms with Crippen LogP contribution in [0, 0.1) is 0 Å². The molecular formula is C10H20N2O2. The topological polar surface area (TPSA) is 41.6 Å². The second kappa shape index (κ2) is 5.32. The lowest BCUT2D eigenvalue weighted by molar-refractivity contribution is -0.132. The van der Waals surface area contributed by atoms with Crippen molar-refractivity contribution in [1.29, 1.82) is 0 Å². The van der Waals surface area contributed by atoms with Crippen molar-refractivity contribution in [1.82, 2.24) is 10.2 Å². The lowest BCUT2D eigenvalue weighted by Gasteiger charge is -2.21. The van der Waals surface area contributed by atoms with Crippen LogP contribution in [-0.4, -0.2) is 49.7 Å². The molecule has 1 fully saturated rings. The van der Waals surface area contributed by atoms with Gasteiger partial charge in [-0.2, -0.15) is 0 Å². The van der Waals surface area contributed by atoms with Crippen LogP contribution in [0.1, 0.15) is 20.3 Å². The van der Waals surface area contributed by atoms with Crippen molar-refractivity contribution < 1.29 is 9.53 Å². The third kappa shape index (κ3) is 2.96. The molecule has 0 aromatic carbocycles. The first-order valence-electron chi connectivity index (χ1n) is 5.19. The second-order valence-corrected chi connectivity index (χ2v) is 3.90. The lowest BCUT2D eigenvalue weighted by atomic mass is 10.2. The van der Waals surface area contributed by atoms with E-state index in [1.54, 1.807) is 7.11 Å². The smallest absolute Gasteiger partial charge is 0.239 e. The minimum atomic E-state index is -0.0654. The van der Waals surface area contributed by atoms with Crippen molar-refractivity contribution >= 4 is 5.91 Å². The summed E-state index contributed by atoms with van der Waals surface area (Å²) in [6, 6.07) is 0.353. The van der Waals surface area contributed by atoms with Crippen LogP contribution in [-0.2, 0) is 9.53 Å². The standard InChI is InChI=1S/C10H20N2O2/c1-8-4-5-12(6-7-14-3)10(13)9(2)11-8/h8-9,11H,4-7H2,1-3H3. The van der Waals surface area contributed by atoms with Gasteiger partial charge in [-0.1, -0.05) is 0 Å². The Morgan fingerprint density at radius 1 is 1.57 bits per heavy atom. The van der Waals surface area contributed by atoms with Crippen LogP contribution in [0.15, 0.2) is 0 Å². The van der Waals surface area contributed by atoms with Gasteiger partial charge >= 0.3 is 0 Å². The molecule has 0 aliphatic carbocycles. The Morgan fingerprint density at radius 2 is 2.29 bits per heavy atom. The van der Waals surface area contributed by atoms with Gasteiger partial charge in [0, 0.05) is 26.2 Å². The molecule has 82 valence electrons. The van der Waals surface area contributed by atoms with E-state index in [0.29, 0.717) is 19.2 Å². The van der Waals surface area contributed by atoms with Gasteiger partial charge in [-0.25, -0.2) is 0 Å². The fraction of sp³-hybridized carbons (Fsp3) is 0.900. The molecule has 0 radical (unpaired) electrons. The first-order valence-corrected chi connectivity index (χ1v) is 5.19. The molecule has 1 aliphatic heterocycles. The number of hydrogen-bond acceptors (Lipinski definition) is 3. The zero-order valence-electron chi connectivity index (χ0n) is 9.25. The predicted octanol–water partition coefficient (Wildman–Crippen LogP) is 0.232. The van der Waals surface area contributed by atoms with Crippen LogP contribution in [0.25, 0.3) is 0 Å². The van der Waals surface area contributed by atoms with E-state index >= 15 is 0 Å². The summed E-state index contributed by atoms with van der Waals surface area (Å²) < 4.78 is 4.98. The van der Waals surface area contributed by atoms with Crippen LogP contribution in [0.2, 0.25) is 0 Å². The summed E-state index contributed by atoms with van der Waals surface area (Å²) in [7, 11) is 1.66. The number of methoxy groups -OCH3 is 1. The maximum Gasteiger partial charge on any atom is 0.239 e. The molecule has 2 unspecified atom stereocenters. The Bertz CT molecular complexity index is 197. The Kier molecular flexibility index (Phi) is 4.35. The molecule has 0 spiro atoms. The summed E-state index contributed by atoms with van der Waals surface area (Å²) in [5, 5.41) is 3.27. The Balaban J connectivity index is 2.52. The summed E-state index contributed by atoms with van der Waals surface area (Å²) in [6.07, 6.45) is 1.01. The number of hydrogen-bond donors (Lipinski definition) is 1. The Morgan fingerprint density at radius 3 is 2.93 bits per heavy atom. The van der Waals surface area contributed by atoms with Crippen molar-refractivity contribution in [3.63, 3.8) is 0 Å². The van der Waals surface area contributed by atoms with E-state index in [0.717, 1.165) is 13.0 Å². The molecule has 1 aliphatic rings. The Hall–Kier alpha value is -0.610. The Labute approximate surface area is 85.6 Å². The maximum absolute atomic E-state index is 11.8. The number of ether oxygens (including phenoxy) is 1.